The summed E-state index contributed by atoms with van der Waals surface area (Å²) in [5, 5.41) is 36.7. The predicted octanol–water partition coefficient (Wildman–Crippen LogP) is 3.66. The average molecular weight is 505 g/mol. The summed E-state index contributed by atoms with van der Waals surface area (Å²) in [7, 11) is 0. The van der Waals surface area contributed by atoms with E-state index < -0.39 is 29.0 Å². The van der Waals surface area contributed by atoms with Gasteiger partial charge in [0.15, 0.2) is 12.7 Å². The quantitative estimate of drug-likeness (QED) is 0.392. The standard InChI is InChI=1S/C28H44N2O6/c1-25(2,23(32)24(33)34)16-29-22(31)15-36-30-18-8-11-26(3)17(14-18)6-7-19-20(26)9-12-27(4)21(19)10-13-28(27,5)35/h14,19-21,23,32,35H,6-13,15-16H2,1-5H3,(H,29,31)(H,33,34)/t19-,20+,21+,23?,26+,27+,28+/m1/s1. The second-order valence-electron chi connectivity index (χ2n) is 13.1. The molecule has 0 spiro atoms. The van der Waals surface area contributed by atoms with Gasteiger partial charge in [0.2, 0.25) is 0 Å². The van der Waals surface area contributed by atoms with E-state index >= 15 is 0 Å². The van der Waals surface area contributed by atoms with Gasteiger partial charge in [0.25, 0.3) is 5.91 Å². The number of nitrogens with one attached hydrogen (secondary N) is 1. The lowest BCUT2D eigenvalue weighted by molar-refractivity contribution is -0.153. The summed E-state index contributed by atoms with van der Waals surface area (Å²) in [6.45, 7) is 9.71. The van der Waals surface area contributed by atoms with E-state index in [0.717, 1.165) is 57.1 Å². The number of carbonyl (C=O) groups is 2. The first-order valence-corrected chi connectivity index (χ1v) is 13.5. The van der Waals surface area contributed by atoms with Crippen LogP contribution < -0.4 is 5.32 Å². The van der Waals surface area contributed by atoms with E-state index in [1.54, 1.807) is 13.8 Å². The number of fused-ring (bicyclic) bond motifs is 5. The minimum absolute atomic E-state index is 0.0136. The Morgan fingerprint density at radius 2 is 1.83 bits per heavy atom. The summed E-state index contributed by atoms with van der Waals surface area (Å²) in [6.07, 6.45) is 8.96. The first kappa shape index (κ1) is 27.1. The van der Waals surface area contributed by atoms with Crippen LogP contribution in [-0.4, -0.2) is 57.8 Å². The largest absolute Gasteiger partial charge is 0.479 e. The summed E-state index contributed by atoms with van der Waals surface area (Å²) in [5.41, 5.74) is 0.935. The second-order valence-corrected chi connectivity index (χ2v) is 13.1. The van der Waals surface area contributed by atoms with Crippen LogP contribution in [0.15, 0.2) is 16.8 Å². The maximum Gasteiger partial charge on any atom is 0.333 e. The zero-order valence-electron chi connectivity index (χ0n) is 22.5. The molecule has 8 nitrogen and oxygen atoms in total. The molecule has 0 radical (unpaired) electrons. The lowest BCUT2D eigenvalue weighted by Crippen LogP contribution is -2.53. The van der Waals surface area contributed by atoms with Crippen LogP contribution in [0.3, 0.4) is 0 Å². The van der Waals surface area contributed by atoms with Gasteiger partial charge in [-0.05, 0) is 93.0 Å². The maximum atomic E-state index is 12.2. The molecule has 0 aromatic heterocycles. The van der Waals surface area contributed by atoms with E-state index in [4.69, 9.17) is 9.94 Å². The Kier molecular flexibility index (Phi) is 7.10. The molecule has 0 bridgehead atoms. The van der Waals surface area contributed by atoms with Gasteiger partial charge in [0, 0.05) is 12.0 Å². The van der Waals surface area contributed by atoms with Crippen LogP contribution in [0.2, 0.25) is 0 Å². The number of carboxylic acid groups (broad SMARTS) is 1. The maximum absolute atomic E-state index is 12.2. The van der Waals surface area contributed by atoms with Crippen LogP contribution in [0.1, 0.15) is 86.0 Å². The molecule has 0 aromatic rings. The molecule has 4 aliphatic carbocycles. The zero-order chi connectivity index (χ0) is 26.5. The highest BCUT2D eigenvalue weighted by atomic mass is 16.6. The Morgan fingerprint density at radius 1 is 1.14 bits per heavy atom. The minimum Gasteiger partial charge on any atom is -0.479 e. The summed E-state index contributed by atoms with van der Waals surface area (Å²) in [4.78, 5) is 28.5. The van der Waals surface area contributed by atoms with Gasteiger partial charge in [-0.1, -0.05) is 38.4 Å². The molecule has 7 atom stereocenters. The first-order valence-electron chi connectivity index (χ1n) is 13.5. The number of oxime groups is 1. The molecule has 0 saturated heterocycles. The minimum atomic E-state index is -1.57. The van der Waals surface area contributed by atoms with Crippen LogP contribution in [0.5, 0.6) is 0 Å². The van der Waals surface area contributed by atoms with Gasteiger partial charge in [-0.3, -0.25) is 4.79 Å². The number of nitrogens with zero attached hydrogens (tertiary/aromatic N) is 1. The van der Waals surface area contributed by atoms with Crippen molar-refractivity contribution in [2.75, 3.05) is 13.2 Å². The van der Waals surface area contributed by atoms with Crippen molar-refractivity contribution in [3.63, 3.8) is 0 Å². The summed E-state index contributed by atoms with van der Waals surface area (Å²) >= 11 is 0. The third-order valence-electron chi connectivity index (χ3n) is 10.6. The molecular formula is C28H44N2O6. The van der Waals surface area contributed by atoms with Crippen molar-refractivity contribution in [2.45, 2.75) is 97.7 Å². The van der Waals surface area contributed by atoms with E-state index in [1.807, 2.05) is 6.92 Å². The van der Waals surface area contributed by atoms with Gasteiger partial charge in [-0.15, -0.1) is 0 Å². The molecule has 4 N–H and O–H groups in total. The number of aliphatic hydroxyl groups is 2. The number of hydrogen-bond donors (Lipinski definition) is 4. The normalized spacial score (nSPS) is 39.9. The molecule has 4 aliphatic rings. The van der Waals surface area contributed by atoms with Crippen molar-refractivity contribution in [2.24, 2.45) is 39.2 Å². The Balaban J connectivity index is 1.35. The van der Waals surface area contributed by atoms with E-state index in [-0.39, 0.29) is 24.0 Å². The topological polar surface area (TPSA) is 128 Å². The van der Waals surface area contributed by atoms with Crippen LogP contribution >= 0.6 is 0 Å². The molecule has 202 valence electrons. The molecule has 36 heavy (non-hydrogen) atoms. The third kappa shape index (κ3) is 4.60. The fraction of sp³-hybridized carbons (Fsp3) is 0.821. The Bertz CT molecular complexity index is 956. The molecule has 0 aromatic carbocycles. The number of carboxylic acids is 1. The number of aliphatic carboxylic acids is 1. The number of carbonyl (C=O) groups excluding carboxylic acids is 1. The fourth-order valence-electron chi connectivity index (χ4n) is 7.87. The molecule has 3 fully saturated rings. The van der Waals surface area contributed by atoms with Crippen molar-refractivity contribution in [3.8, 4) is 0 Å². The van der Waals surface area contributed by atoms with Crippen LogP contribution in [0.4, 0.5) is 0 Å². The van der Waals surface area contributed by atoms with Crippen molar-refractivity contribution in [1.82, 2.24) is 5.32 Å². The number of allylic oxidation sites excluding steroid dienone is 2. The average Bonchev–Trinajstić information content (AvgIpc) is 3.06. The van der Waals surface area contributed by atoms with Gasteiger partial charge in [0.1, 0.15) is 0 Å². The van der Waals surface area contributed by atoms with Crippen LogP contribution in [0.25, 0.3) is 0 Å². The van der Waals surface area contributed by atoms with Gasteiger partial charge in [-0.2, -0.15) is 0 Å². The van der Waals surface area contributed by atoms with E-state index in [0.29, 0.717) is 17.8 Å². The lowest BCUT2D eigenvalue weighted by Gasteiger charge is -2.59. The van der Waals surface area contributed by atoms with Crippen molar-refractivity contribution in [1.29, 1.82) is 0 Å². The molecule has 1 unspecified atom stereocenters. The SMILES string of the molecule is CC(C)(CNC(=O)CON=C1C=C2CC[C@@H]3[C@H](CC[C@@]4(C)[C@H]3CC[C@]4(C)O)[C@@]2(C)CC1)C(O)C(=O)O. The highest BCUT2D eigenvalue weighted by Gasteiger charge is 2.62. The molecule has 4 rings (SSSR count). The molecule has 3 saturated carbocycles. The first-order chi connectivity index (χ1) is 16.7. The summed E-state index contributed by atoms with van der Waals surface area (Å²) in [6, 6.07) is 0. The molecule has 8 heteroatoms. The monoisotopic (exact) mass is 504 g/mol. The predicted molar refractivity (Wildman–Crippen MR) is 136 cm³/mol. The van der Waals surface area contributed by atoms with Gasteiger partial charge in [-0.25, -0.2) is 4.79 Å². The summed E-state index contributed by atoms with van der Waals surface area (Å²) in [5.74, 6) is 0.185. The Labute approximate surface area is 214 Å². The fourth-order valence-corrected chi connectivity index (χ4v) is 7.87. The van der Waals surface area contributed by atoms with Crippen LogP contribution in [-0.2, 0) is 14.4 Å². The second kappa shape index (κ2) is 9.43. The lowest BCUT2D eigenvalue weighted by atomic mass is 9.46. The number of hydrogen-bond acceptors (Lipinski definition) is 6. The number of amides is 1. The summed E-state index contributed by atoms with van der Waals surface area (Å²) < 4.78 is 0. The number of aliphatic hydroxyl groups excluding tert-OH is 1. The highest BCUT2D eigenvalue weighted by molar-refractivity contribution is 5.96. The molecule has 1 amide bonds. The van der Waals surface area contributed by atoms with Crippen molar-refractivity contribution in [3.05, 3.63) is 11.6 Å². The van der Waals surface area contributed by atoms with Gasteiger partial charge in [0.05, 0.1) is 11.3 Å². The van der Waals surface area contributed by atoms with Crippen LogP contribution in [0, 0.1) is 34.0 Å². The van der Waals surface area contributed by atoms with Crippen molar-refractivity contribution >= 4 is 17.6 Å². The highest BCUT2D eigenvalue weighted by Crippen LogP contribution is 2.67. The van der Waals surface area contributed by atoms with E-state index in [1.165, 1.54) is 5.57 Å². The van der Waals surface area contributed by atoms with E-state index in [2.05, 4.69) is 30.4 Å². The van der Waals surface area contributed by atoms with E-state index in [9.17, 15) is 19.8 Å². The molecule has 0 heterocycles. The number of rotatable bonds is 7. The zero-order valence-corrected chi connectivity index (χ0v) is 22.5. The third-order valence-corrected chi connectivity index (χ3v) is 10.6. The molecule has 0 aliphatic heterocycles. The van der Waals surface area contributed by atoms with Gasteiger partial charge >= 0.3 is 5.97 Å². The Hall–Kier alpha value is -1.93. The van der Waals surface area contributed by atoms with Crippen molar-refractivity contribution < 1.29 is 29.7 Å². The smallest absolute Gasteiger partial charge is 0.333 e. The van der Waals surface area contributed by atoms with Gasteiger partial charge < -0.3 is 25.5 Å². The Morgan fingerprint density at radius 3 is 2.53 bits per heavy atom. The molecular weight excluding hydrogens is 460 g/mol.